The van der Waals surface area contributed by atoms with E-state index in [1.54, 1.807) is 10.9 Å². The van der Waals surface area contributed by atoms with Gasteiger partial charge in [0.2, 0.25) is 0 Å². The molecule has 0 fully saturated rings. The van der Waals surface area contributed by atoms with Crippen molar-refractivity contribution in [1.29, 1.82) is 0 Å². The largest absolute Gasteiger partial charge is 0.383 e. The fraction of sp³-hybridized carbons (Fsp3) is 0.333. The molecule has 2 heterocycles. The summed E-state index contributed by atoms with van der Waals surface area (Å²) in [4.78, 5) is 8.43. The summed E-state index contributed by atoms with van der Waals surface area (Å²) in [6.07, 6.45) is 1.66. The number of rotatable bonds is 1. The van der Waals surface area contributed by atoms with Gasteiger partial charge in [0.1, 0.15) is 17.3 Å². The van der Waals surface area contributed by atoms with Crippen LogP contribution in [0.2, 0.25) is 0 Å². The smallest absolute Gasteiger partial charge is 0.130 e. The number of nitrogen functional groups attached to an aromatic ring is 1. The summed E-state index contributed by atoms with van der Waals surface area (Å²) >= 11 is 0. The summed E-state index contributed by atoms with van der Waals surface area (Å²) in [7, 11) is 1.81. The lowest BCUT2D eigenvalue weighted by atomic mass is 10.2. The summed E-state index contributed by atoms with van der Waals surface area (Å²) in [5.74, 6) is 1.15. The zero-order valence-corrected chi connectivity index (χ0v) is 8.89. The van der Waals surface area contributed by atoms with Crippen molar-refractivity contribution in [3.63, 3.8) is 0 Å². The third kappa shape index (κ3) is 1.54. The minimum absolute atomic E-state index is 0.499. The molecule has 6 nitrogen and oxygen atoms in total. The van der Waals surface area contributed by atoms with Gasteiger partial charge in [0, 0.05) is 12.6 Å². The molecule has 0 spiro atoms. The number of anilines is 1. The van der Waals surface area contributed by atoms with Crippen LogP contribution in [0.25, 0.3) is 11.4 Å². The van der Waals surface area contributed by atoms with E-state index in [0.717, 1.165) is 17.0 Å². The normalized spacial score (nSPS) is 10.6. The molecule has 0 aromatic carbocycles. The van der Waals surface area contributed by atoms with Crippen LogP contribution in [0.3, 0.4) is 0 Å². The molecule has 78 valence electrons. The predicted molar refractivity (Wildman–Crippen MR) is 55.9 cm³/mol. The summed E-state index contributed by atoms with van der Waals surface area (Å²) in [5.41, 5.74) is 8.25. The van der Waals surface area contributed by atoms with Crippen molar-refractivity contribution in [3.8, 4) is 11.4 Å². The molecule has 2 N–H and O–H groups in total. The number of nitrogens with zero attached hydrogens (tertiary/aromatic N) is 5. The van der Waals surface area contributed by atoms with Crippen molar-refractivity contribution in [2.45, 2.75) is 13.8 Å². The number of nitrogens with two attached hydrogens (primary N) is 1. The molecule has 0 radical (unpaired) electrons. The van der Waals surface area contributed by atoms with E-state index >= 15 is 0 Å². The molecule has 0 atom stereocenters. The first-order valence-corrected chi connectivity index (χ1v) is 4.55. The molecule has 2 aromatic heterocycles. The molecular formula is C9H12N6. The van der Waals surface area contributed by atoms with Crippen molar-refractivity contribution in [1.82, 2.24) is 25.0 Å². The van der Waals surface area contributed by atoms with E-state index < -0.39 is 0 Å². The van der Waals surface area contributed by atoms with E-state index in [0.29, 0.717) is 11.6 Å². The molecule has 2 aromatic rings. The number of hydrogen-bond donors (Lipinski definition) is 1. The Morgan fingerprint density at radius 2 is 2.00 bits per heavy atom. The second-order valence-corrected chi connectivity index (χ2v) is 3.37. The highest BCUT2D eigenvalue weighted by molar-refractivity contribution is 5.63. The van der Waals surface area contributed by atoms with E-state index in [1.165, 1.54) is 0 Å². The highest BCUT2D eigenvalue weighted by atomic mass is 15.4. The Kier molecular flexibility index (Phi) is 2.11. The van der Waals surface area contributed by atoms with E-state index in [2.05, 4.69) is 20.3 Å². The maximum absolute atomic E-state index is 5.78. The van der Waals surface area contributed by atoms with Gasteiger partial charge in [-0.3, -0.25) is 0 Å². The van der Waals surface area contributed by atoms with E-state index in [1.807, 2.05) is 20.9 Å². The first-order chi connectivity index (χ1) is 7.09. The van der Waals surface area contributed by atoms with E-state index in [9.17, 15) is 0 Å². The lowest BCUT2D eigenvalue weighted by Crippen LogP contribution is -2.04. The number of aromatic nitrogens is 5. The topological polar surface area (TPSA) is 82.5 Å². The molecule has 15 heavy (non-hydrogen) atoms. The zero-order valence-electron chi connectivity index (χ0n) is 8.89. The van der Waals surface area contributed by atoms with Gasteiger partial charge >= 0.3 is 0 Å². The molecule has 0 aliphatic rings. The summed E-state index contributed by atoms with van der Waals surface area (Å²) in [6.45, 7) is 3.69. The van der Waals surface area contributed by atoms with Crippen molar-refractivity contribution in [2.24, 2.45) is 7.05 Å². The zero-order chi connectivity index (χ0) is 11.0. The average Bonchev–Trinajstić information content (AvgIpc) is 2.58. The molecule has 0 amide bonds. The van der Waals surface area contributed by atoms with Gasteiger partial charge < -0.3 is 5.73 Å². The van der Waals surface area contributed by atoms with Crippen LogP contribution in [0.1, 0.15) is 11.4 Å². The lowest BCUT2D eigenvalue weighted by molar-refractivity contribution is 0.718. The van der Waals surface area contributed by atoms with Crippen molar-refractivity contribution >= 4 is 5.82 Å². The summed E-state index contributed by atoms with van der Waals surface area (Å²) in [6, 6.07) is 0. The Morgan fingerprint density at radius 3 is 2.60 bits per heavy atom. The van der Waals surface area contributed by atoms with Gasteiger partial charge in [0.25, 0.3) is 0 Å². The van der Waals surface area contributed by atoms with Crippen LogP contribution in [0.5, 0.6) is 0 Å². The summed E-state index contributed by atoms with van der Waals surface area (Å²) < 4.78 is 1.66. The van der Waals surface area contributed by atoms with Gasteiger partial charge in [-0.15, -0.1) is 5.10 Å². The SMILES string of the molecule is Cc1nc(N)c(C)c(-c2cnnn2C)n1. The van der Waals surface area contributed by atoms with Crippen LogP contribution in [0, 0.1) is 13.8 Å². The molecule has 0 bridgehead atoms. The highest BCUT2D eigenvalue weighted by Gasteiger charge is 2.12. The monoisotopic (exact) mass is 204 g/mol. The Labute approximate surface area is 87.2 Å². The Balaban J connectivity index is 2.68. The predicted octanol–water partition coefficient (Wildman–Crippen LogP) is 0.471. The van der Waals surface area contributed by atoms with Gasteiger partial charge in [0.15, 0.2) is 0 Å². The first kappa shape index (κ1) is 9.57. The van der Waals surface area contributed by atoms with Crippen LogP contribution in [-0.4, -0.2) is 25.0 Å². The Morgan fingerprint density at radius 1 is 1.27 bits per heavy atom. The van der Waals surface area contributed by atoms with Crippen LogP contribution in [0.15, 0.2) is 6.20 Å². The summed E-state index contributed by atoms with van der Waals surface area (Å²) in [5, 5.41) is 7.67. The second kappa shape index (κ2) is 3.30. The number of hydrogen-bond acceptors (Lipinski definition) is 5. The maximum atomic E-state index is 5.78. The van der Waals surface area contributed by atoms with Crippen LogP contribution < -0.4 is 5.73 Å². The van der Waals surface area contributed by atoms with E-state index in [-0.39, 0.29) is 0 Å². The quantitative estimate of drug-likeness (QED) is 0.730. The van der Waals surface area contributed by atoms with Crippen LogP contribution in [-0.2, 0) is 7.05 Å². The van der Waals surface area contributed by atoms with Gasteiger partial charge in [-0.1, -0.05) is 5.21 Å². The van der Waals surface area contributed by atoms with Gasteiger partial charge in [-0.05, 0) is 13.8 Å². The van der Waals surface area contributed by atoms with Crippen molar-refractivity contribution in [2.75, 3.05) is 5.73 Å². The van der Waals surface area contributed by atoms with Crippen LogP contribution in [0.4, 0.5) is 5.82 Å². The third-order valence-corrected chi connectivity index (χ3v) is 2.25. The first-order valence-electron chi connectivity index (χ1n) is 4.55. The molecule has 0 saturated heterocycles. The Bertz CT molecular complexity index is 501. The second-order valence-electron chi connectivity index (χ2n) is 3.37. The molecule has 6 heteroatoms. The average molecular weight is 204 g/mol. The van der Waals surface area contributed by atoms with Gasteiger partial charge in [-0.25, -0.2) is 14.6 Å². The third-order valence-electron chi connectivity index (χ3n) is 2.25. The molecule has 0 unspecified atom stereocenters. The standard InChI is InChI=1S/C9H12N6/c1-5-8(7-4-11-14-15(7)3)12-6(2)13-9(5)10/h4H,1-3H3,(H2,10,12,13). The Hall–Kier alpha value is -1.98. The molecule has 0 aliphatic heterocycles. The molecular weight excluding hydrogens is 192 g/mol. The molecule has 2 rings (SSSR count). The highest BCUT2D eigenvalue weighted by Crippen LogP contribution is 2.22. The fourth-order valence-corrected chi connectivity index (χ4v) is 1.40. The van der Waals surface area contributed by atoms with Crippen molar-refractivity contribution in [3.05, 3.63) is 17.6 Å². The molecule has 0 saturated carbocycles. The molecule has 0 aliphatic carbocycles. The van der Waals surface area contributed by atoms with Crippen LogP contribution >= 0.6 is 0 Å². The fourth-order valence-electron chi connectivity index (χ4n) is 1.40. The minimum Gasteiger partial charge on any atom is -0.383 e. The number of aryl methyl sites for hydroxylation is 2. The minimum atomic E-state index is 0.499. The van der Waals surface area contributed by atoms with E-state index in [4.69, 9.17) is 5.73 Å². The van der Waals surface area contributed by atoms with Gasteiger partial charge in [-0.2, -0.15) is 0 Å². The maximum Gasteiger partial charge on any atom is 0.130 e. The van der Waals surface area contributed by atoms with Crippen molar-refractivity contribution < 1.29 is 0 Å². The lowest BCUT2D eigenvalue weighted by Gasteiger charge is -2.07. The van der Waals surface area contributed by atoms with Gasteiger partial charge in [0.05, 0.1) is 11.9 Å².